The van der Waals surface area contributed by atoms with E-state index in [1.165, 1.54) is 57.9 Å². The molecule has 2 aliphatic heterocycles. The summed E-state index contributed by atoms with van der Waals surface area (Å²) >= 11 is 0. The van der Waals surface area contributed by atoms with Gasteiger partial charge in [0.25, 0.3) is 0 Å². The Hall–Kier alpha value is -0.120. The van der Waals surface area contributed by atoms with Crippen molar-refractivity contribution in [3.8, 4) is 0 Å². The van der Waals surface area contributed by atoms with Gasteiger partial charge in [-0.05, 0) is 32.2 Å². The molecule has 3 aliphatic rings. The first-order valence-electron chi connectivity index (χ1n) is 8.82. The van der Waals surface area contributed by atoms with Gasteiger partial charge in [0.05, 0.1) is 13.2 Å². The molecule has 116 valence electrons. The van der Waals surface area contributed by atoms with E-state index in [0.29, 0.717) is 5.54 Å². The van der Waals surface area contributed by atoms with Gasteiger partial charge in [-0.3, -0.25) is 4.90 Å². The van der Waals surface area contributed by atoms with E-state index in [1.807, 2.05) is 0 Å². The highest BCUT2D eigenvalue weighted by Gasteiger charge is 2.42. The van der Waals surface area contributed by atoms with Crippen LogP contribution < -0.4 is 0 Å². The highest BCUT2D eigenvalue weighted by Crippen LogP contribution is 2.39. The highest BCUT2D eigenvalue weighted by atomic mass is 16.7. The summed E-state index contributed by atoms with van der Waals surface area (Å²) < 4.78 is 11.9. The normalized spacial score (nSPS) is 31.1. The largest absolute Gasteiger partial charge is 0.347 e. The third-order valence-electron chi connectivity index (χ3n) is 5.93. The monoisotopic (exact) mass is 281 g/mol. The smallest absolute Gasteiger partial charge is 0.169 e. The quantitative estimate of drug-likeness (QED) is 0.720. The van der Waals surface area contributed by atoms with Crippen molar-refractivity contribution in [2.24, 2.45) is 0 Å². The zero-order valence-corrected chi connectivity index (χ0v) is 13.2. The van der Waals surface area contributed by atoms with E-state index in [9.17, 15) is 0 Å². The molecule has 0 radical (unpaired) electrons. The average molecular weight is 281 g/mol. The van der Waals surface area contributed by atoms with Crippen LogP contribution in [0.4, 0.5) is 0 Å². The Labute approximate surface area is 124 Å². The highest BCUT2D eigenvalue weighted by molar-refractivity contribution is 4.93. The maximum atomic E-state index is 5.94. The van der Waals surface area contributed by atoms with Gasteiger partial charge in [0.1, 0.15) is 0 Å². The molecule has 0 unspecified atom stereocenters. The standard InChI is InChI=1S/C17H31NO2/c1-2-16(8-5-3-4-6-9-16)18-12-7-10-17(11-13-18)19-14-15-20-17/h2-15H2,1H3. The molecule has 1 spiro atoms. The van der Waals surface area contributed by atoms with Gasteiger partial charge in [0, 0.05) is 24.9 Å². The SMILES string of the molecule is CCC1(N2CCCC3(CC2)OCCO3)CCCCCC1. The van der Waals surface area contributed by atoms with Gasteiger partial charge in [-0.2, -0.15) is 0 Å². The summed E-state index contributed by atoms with van der Waals surface area (Å²) in [5, 5.41) is 0. The van der Waals surface area contributed by atoms with Gasteiger partial charge >= 0.3 is 0 Å². The van der Waals surface area contributed by atoms with E-state index in [4.69, 9.17) is 9.47 Å². The Balaban J connectivity index is 1.68. The summed E-state index contributed by atoms with van der Waals surface area (Å²) in [6.07, 6.45) is 13.2. The fourth-order valence-corrected chi connectivity index (χ4v) is 4.62. The van der Waals surface area contributed by atoms with Gasteiger partial charge in [-0.25, -0.2) is 0 Å². The lowest BCUT2D eigenvalue weighted by molar-refractivity contribution is -0.165. The Morgan fingerprint density at radius 1 is 0.800 bits per heavy atom. The lowest BCUT2D eigenvalue weighted by Gasteiger charge is -2.43. The van der Waals surface area contributed by atoms with Gasteiger partial charge in [-0.15, -0.1) is 0 Å². The van der Waals surface area contributed by atoms with Crippen LogP contribution in [0, 0.1) is 0 Å². The van der Waals surface area contributed by atoms with E-state index in [-0.39, 0.29) is 5.79 Å². The lowest BCUT2D eigenvalue weighted by Crippen LogP contribution is -2.49. The molecular weight excluding hydrogens is 250 g/mol. The molecule has 2 saturated heterocycles. The van der Waals surface area contributed by atoms with E-state index in [2.05, 4.69) is 11.8 Å². The molecule has 1 saturated carbocycles. The predicted octanol–water partition coefficient (Wildman–Crippen LogP) is 3.72. The van der Waals surface area contributed by atoms with Crippen LogP contribution >= 0.6 is 0 Å². The molecule has 20 heavy (non-hydrogen) atoms. The van der Waals surface area contributed by atoms with Crippen LogP contribution in [0.1, 0.15) is 71.1 Å². The van der Waals surface area contributed by atoms with Gasteiger partial charge in [-0.1, -0.05) is 32.6 Å². The average Bonchev–Trinajstić information content (AvgIpc) is 2.68. The molecule has 0 N–H and O–H groups in total. The minimum absolute atomic E-state index is 0.228. The molecular formula is C17H31NO2. The van der Waals surface area contributed by atoms with Crippen molar-refractivity contribution >= 4 is 0 Å². The van der Waals surface area contributed by atoms with Crippen LogP contribution in [0.3, 0.4) is 0 Å². The summed E-state index contributed by atoms with van der Waals surface area (Å²) in [6, 6.07) is 0. The molecule has 0 aromatic heterocycles. The van der Waals surface area contributed by atoms with E-state index >= 15 is 0 Å². The molecule has 0 aromatic rings. The fourth-order valence-electron chi connectivity index (χ4n) is 4.62. The second kappa shape index (κ2) is 6.33. The Bertz CT molecular complexity index is 304. The van der Waals surface area contributed by atoms with Crippen molar-refractivity contribution in [3.05, 3.63) is 0 Å². The zero-order valence-electron chi connectivity index (χ0n) is 13.2. The zero-order chi connectivity index (χ0) is 13.9. The molecule has 1 aliphatic carbocycles. The lowest BCUT2D eigenvalue weighted by atomic mass is 9.85. The first-order valence-corrected chi connectivity index (χ1v) is 8.82. The minimum Gasteiger partial charge on any atom is -0.347 e. The first-order chi connectivity index (χ1) is 9.79. The molecule has 3 nitrogen and oxygen atoms in total. The van der Waals surface area contributed by atoms with Crippen LogP contribution in [0.25, 0.3) is 0 Å². The number of hydrogen-bond acceptors (Lipinski definition) is 3. The number of rotatable bonds is 2. The van der Waals surface area contributed by atoms with E-state index < -0.39 is 0 Å². The summed E-state index contributed by atoms with van der Waals surface area (Å²) in [6.45, 7) is 6.38. The molecule has 2 heterocycles. The number of nitrogens with zero attached hydrogens (tertiary/aromatic N) is 1. The van der Waals surface area contributed by atoms with Gasteiger partial charge in [0.15, 0.2) is 5.79 Å². The van der Waals surface area contributed by atoms with Gasteiger partial charge in [0.2, 0.25) is 0 Å². The van der Waals surface area contributed by atoms with Crippen LogP contribution in [0.2, 0.25) is 0 Å². The van der Waals surface area contributed by atoms with Gasteiger partial charge < -0.3 is 9.47 Å². The number of likely N-dealkylation sites (tertiary alicyclic amines) is 1. The summed E-state index contributed by atoms with van der Waals surface area (Å²) in [5.41, 5.74) is 0.473. The Morgan fingerprint density at radius 3 is 2.15 bits per heavy atom. The van der Waals surface area contributed by atoms with Crippen LogP contribution in [-0.4, -0.2) is 42.5 Å². The Morgan fingerprint density at radius 2 is 1.50 bits per heavy atom. The molecule has 3 rings (SSSR count). The minimum atomic E-state index is -0.228. The molecule has 0 amide bonds. The van der Waals surface area contributed by atoms with Crippen molar-refractivity contribution in [3.63, 3.8) is 0 Å². The topological polar surface area (TPSA) is 21.7 Å². The van der Waals surface area contributed by atoms with E-state index in [1.54, 1.807) is 0 Å². The third kappa shape index (κ3) is 2.90. The Kier molecular flexibility index (Phi) is 4.68. The van der Waals surface area contributed by atoms with Crippen molar-refractivity contribution in [2.45, 2.75) is 82.5 Å². The first kappa shape index (κ1) is 14.8. The van der Waals surface area contributed by atoms with Crippen molar-refractivity contribution in [2.75, 3.05) is 26.3 Å². The molecule has 0 bridgehead atoms. The molecule has 0 atom stereocenters. The van der Waals surface area contributed by atoms with Crippen molar-refractivity contribution < 1.29 is 9.47 Å². The van der Waals surface area contributed by atoms with Crippen molar-refractivity contribution in [1.29, 1.82) is 0 Å². The number of ether oxygens (including phenoxy) is 2. The maximum absolute atomic E-state index is 5.94. The van der Waals surface area contributed by atoms with Crippen LogP contribution in [-0.2, 0) is 9.47 Å². The summed E-state index contributed by atoms with van der Waals surface area (Å²) in [4.78, 5) is 2.80. The second-order valence-corrected chi connectivity index (χ2v) is 6.94. The van der Waals surface area contributed by atoms with Crippen LogP contribution in [0.5, 0.6) is 0 Å². The third-order valence-corrected chi connectivity index (χ3v) is 5.93. The van der Waals surface area contributed by atoms with Crippen LogP contribution in [0.15, 0.2) is 0 Å². The molecule has 3 fully saturated rings. The molecule has 0 aromatic carbocycles. The summed E-state index contributed by atoms with van der Waals surface area (Å²) in [7, 11) is 0. The second-order valence-electron chi connectivity index (χ2n) is 6.94. The number of hydrogen-bond donors (Lipinski definition) is 0. The van der Waals surface area contributed by atoms with E-state index in [0.717, 1.165) is 32.6 Å². The van der Waals surface area contributed by atoms with Crippen molar-refractivity contribution in [1.82, 2.24) is 4.90 Å². The maximum Gasteiger partial charge on any atom is 0.169 e. The predicted molar refractivity (Wildman–Crippen MR) is 80.8 cm³/mol. The fraction of sp³-hybridized carbons (Fsp3) is 1.00. The molecule has 3 heteroatoms. The summed E-state index contributed by atoms with van der Waals surface area (Å²) in [5.74, 6) is -0.228.